The second kappa shape index (κ2) is 6.53. The van der Waals surface area contributed by atoms with Crippen molar-refractivity contribution in [1.82, 2.24) is 0 Å². The van der Waals surface area contributed by atoms with Crippen LogP contribution in [0.3, 0.4) is 0 Å². The minimum atomic E-state index is -0.527. The maximum Gasteiger partial charge on any atom is 0.271 e. The molecule has 2 aromatic rings. The minimum Gasteiger partial charge on any atom is -0.495 e. The zero-order valence-electron chi connectivity index (χ0n) is 11.0. The van der Waals surface area contributed by atoms with E-state index in [2.05, 4.69) is 27.9 Å². The second-order valence-electron chi connectivity index (χ2n) is 4.11. The van der Waals surface area contributed by atoms with Crippen molar-refractivity contribution in [2.24, 2.45) is 0 Å². The van der Waals surface area contributed by atoms with Gasteiger partial charge in [0.15, 0.2) is 0 Å². The Morgan fingerprint density at radius 1 is 1.29 bits per heavy atom. The summed E-state index contributed by atoms with van der Waals surface area (Å²) in [5.74, 6) is 0.00638. The van der Waals surface area contributed by atoms with Crippen LogP contribution >= 0.6 is 22.6 Å². The third-order valence-corrected chi connectivity index (χ3v) is 3.40. The van der Waals surface area contributed by atoms with Crippen LogP contribution in [0.25, 0.3) is 0 Å². The molecule has 0 aliphatic heterocycles. The van der Waals surface area contributed by atoms with Crippen molar-refractivity contribution in [2.45, 2.75) is 0 Å². The lowest BCUT2D eigenvalue weighted by atomic mass is 10.2. The molecule has 0 spiro atoms. The molecule has 2 aromatic carbocycles. The maximum absolute atomic E-state index is 12.2. The fourth-order valence-electron chi connectivity index (χ4n) is 1.73. The molecule has 0 aromatic heterocycles. The molecule has 1 amide bonds. The van der Waals surface area contributed by atoms with E-state index in [0.29, 0.717) is 11.3 Å². The summed E-state index contributed by atoms with van der Waals surface area (Å²) < 4.78 is 6.02. The highest BCUT2D eigenvalue weighted by Gasteiger charge is 2.14. The fraction of sp³-hybridized carbons (Fsp3) is 0.0714. The van der Waals surface area contributed by atoms with Crippen molar-refractivity contribution in [3.05, 3.63) is 61.7 Å². The summed E-state index contributed by atoms with van der Waals surface area (Å²) in [7, 11) is 1.43. The van der Waals surface area contributed by atoms with Crippen molar-refractivity contribution >= 4 is 39.9 Å². The van der Waals surface area contributed by atoms with Crippen LogP contribution in [-0.4, -0.2) is 17.9 Å². The van der Waals surface area contributed by atoms with Crippen LogP contribution in [0.5, 0.6) is 5.75 Å². The predicted octanol–water partition coefficient (Wildman–Crippen LogP) is 3.46. The van der Waals surface area contributed by atoms with Crippen LogP contribution < -0.4 is 10.1 Å². The van der Waals surface area contributed by atoms with Gasteiger partial charge in [0, 0.05) is 21.3 Å². The number of hydrogen-bond acceptors (Lipinski definition) is 4. The summed E-state index contributed by atoms with van der Waals surface area (Å²) in [6.07, 6.45) is 0. The number of halogens is 1. The lowest BCUT2D eigenvalue weighted by molar-refractivity contribution is -0.384. The monoisotopic (exact) mass is 398 g/mol. The molecule has 0 bridgehead atoms. The van der Waals surface area contributed by atoms with Crippen LogP contribution in [0.2, 0.25) is 0 Å². The zero-order valence-corrected chi connectivity index (χ0v) is 13.2. The maximum atomic E-state index is 12.2. The molecule has 6 nitrogen and oxygen atoms in total. The van der Waals surface area contributed by atoms with E-state index in [-0.39, 0.29) is 17.3 Å². The van der Waals surface area contributed by atoms with Gasteiger partial charge in [-0.05, 0) is 46.9 Å². The molecule has 7 heteroatoms. The minimum absolute atomic E-state index is 0.117. The number of benzene rings is 2. The van der Waals surface area contributed by atoms with Gasteiger partial charge in [-0.1, -0.05) is 6.07 Å². The van der Waals surface area contributed by atoms with Crippen LogP contribution in [0.1, 0.15) is 10.4 Å². The number of rotatable bonds is 4. The molecule has 0 atom stereocenters. The van der Waals surface area contributed by atoms with Gasteiger partial charge in [-0.25, -0.2) is 0 Å². The number of nitrogens with zero attached hydrogens (tertiary/aromatic N) is 1. The van der Waals surface area contributed by atoms with Crippen LogP contribution in [-0.2, 0) is 0 Å². The molecule has 108 valence electrons. The molecule has 0 aliphatic rings. The number of non-ortho nitro benzene ring substituents is 1. The summed E-state index contributed by atoms with van der Waals surface area (Å²) in [5.41, 5.74) is 0.611. The lowest BCUT2D eigenvalue weighted by Gasteiger charge is -2.10. The highest BCUT2D eigenvalue weighted by atomic mass is 127. The number of hydrogen-bond donors (Lipinski definition) is 1. The van der Waals surface area contributed by atoms with Gasteiger partial charge in [0.1, 0.15) is 5.75 Å². The second-order valence-corrected chi connectivity index (χ2v) is 5.35. The number of nitrogens with one attached hydrogen (secondary N) is 1. The SMILES string of the molecule is COc1ccc([N+](=O)[O-])cc1NC(=O)c1cccc(I)c1. The van der Waals surface area contributed by atoms with Gasteiger partial charge in [0.05, 0.1) is 17.7 Å². The summed E-state index contributed by atoms with van der Waals surface area (Å²) in [5, 5.41) is 13.4. The first kappa shape index (κ1) is 15.2. The summed E-state index contributed by atoms with van der Waals surface area (Å²) in [6, 6.07) is 11.1. The van der Waals surface area contributed by atoms with E-state index in [4.69, 9.17) is 4.74 Å². The average Bonchev–Trinajstić information content (AvgIpc) is 2.47. The van der Waals surface area contributed by atoms with Crippen molar-refractivity contribution in [3.8, 4) is 5.75 Å². The van der Waals surface area contributed by atoms with Crippen LogP contribution in [0, 0.1) is 13.7 Å². The van der Waals surface area contributed by atoms with E-state index in [0.717, 1.165) is 3.57 Å². The molecule has 21 heavy (non-hydrogen) atoms. The van der Waals surface area contributed by atoms with Crippen molar-refractivity contribution in [2.75, 3.05) is 12.4 Å². The van der Waals surface area contributed by atoms with Crippen molar-refractivity contribution in [3.63, 3.8) is 0 Å². The number of anilines is 1. The van der Waals surface area contributed by atoms with Gasteiger partial charge < -0.3 is 10.1 Å². The number of methoxy groups -OCH3 is 1. The first-order chi connectivity index (χ1) is 10.0. The van der Waals surface area contributed by atoms with E-state index in [9.17, 15) is 14.9 Å². The zero-order chi connectivity index (χ0) is 15.4. The Hall–Kier alpha value is -2.16. The quantitative estimate of drug-likeness (QED) is 0.486. The Labute approximate surface area is 134 Å². The molecule has 0 heterocycles. The van der Waals surface area contributed by atoms with Gasteiger partial charge in [-0.3, -0.25) is 14.9 Å². The Balaban J connectivity index is 2.31. The van der Waals surface area contributed by atoms with E-state index < -0.39 is 4.92 Å². The molecule has 0 saturated heterocycles. The summed E-state index contributed by atoms with van der Waals surface area (Å²) in [4.78, 5) is 22.5. The Kier molecular flexibility index (Phi) is 4.73. The molecule has 2 rings (SSSR count). The standard InChI is InChI=1S/C14H11IN2O4/c1-21-13-6-5-11(17(19)20)8-12(13)16-14(18)9-3-2-4-10(15)7-9/h2-8H,1H3,(H,16,18). The normalized spacial score (nSPS) is 10.0. The number of nitro groups is 1. The molecule has 0 aliphatic carbocycles. The molecular weight excluding hydrogens is 387 g/mol. The largest absolute Gasteiger partial charge is 0.495 e. The molecule has 0 unspecified atom stereocenters. The Morgan fingerprint density at radius 3 is 2.67 bits per heavy atom. The molecule has 0 fully saturated rings. The molecular formula is C14H11IN2O4. The smallest absolute Gasteiger partial charge is 0.271 e. The highest BCUT2D eigenvalue weighted by Crippen LogP contribution is 2.29. The van der Waals surface area contributed by atoms with Crippen LogP contribution in [0.4, 0.5) is 11.4 Å². The molecule has 1 N–H and O–H groups in total. The fourth-order valence-corrected chi connectivity index (χ4v) is 2.27. The van der Waals surface area contributed by atoms with E-state index in [1.54, 1.807) is 18.2 Å². The van der Waals surface area contributed by atoms with E-state index in [1.807, 2.05) is 6.07 Å². The van der Waals surface area contributed by atoms with Gasteiger partial charge in [-0.15, -0.1) is 0 Å². The number of nitro benzene ring substituents is 1. The third-order valence-electron chi connectivity index (χ3n) is 2.73. The van der Waals surface area contributed by atoms with Gasteiger partial charge in [0.25, 0.3) is 11.6 Å². The predicted molar refractivity (Wildman–Crippen MR) is 86.8 cm³/mol. The van der Waals surface area contributed by atoms with Crippen LogP contribution in [0.15, 0.2) is 42.5 Å². The van der Waals surface area contributed by atoms with Gasteiger partial charge >= 0.3 is 0 Å². The highest BCUT2D eigenvalue weighted by molar-refractivity contribution is 14.1. The third kappa shape index (κ3) is 3.69. The first-order valence-corrected chi connectivity index (χ1v) is 6.98. The van der Waals surface area contributed by atoms with Gasteiger partial charge in [0.2, 0.25) is 0 Å². The molecule has 0 saturated carbocycles. The number of carbonyl (C=O) groups excluding carboxylic acids is 1. The Morgan fingerprint density at radius 2 is 2.05 bits per heavy atom. The van der Waals surface area contributed by atoms with Gasteiger partial charge in [-0.2, -0.15) is 0 Å². The number of ether oxygens (including phenoxy) is 1. The lowest BCUT2D eigenvalue weighted by Crippen LogP contribution is -2.13. The first-order valence-electron chi connectivity index (χ1n) is 5.90. The average molecular weight is 398 g/mol. The Bertz CT molecular complexity index is 703. The summed E-state index contributed by atoms with van der Waals surface area (Å²) >= 11 is 2.10. The van der Waals surface area contributed by atoms with Crippen molar-refractivity contribution < 1.29 is 14.5 Å². The topological polar surface area (TPSA) is 81.5 Å². The number of amides is 1. The number of carbonyl (C=O) groups is 1. The summed E-state index contributed by atoms with van der Waals surface area (Å²) in [6.45, 7) is 0. The molecule has 0 radical (unpaired) electrons. The van der Waals surface area contributed by atoms with E-state index >= 15 is 0 Å². The van der Waals surface area contributed by atoms with E-state index in [1.165, 1.54) is 25.3 Å². The van der Waals surface area contributed by atoms with Crippen molar-refractivity contribution in [1.29, 1.82) is 0 Å².